The lowest BCUT2D eigenvalue weighted by molar-refractivity contribution is 1.43. The van der Waals surface area contributed by atoms with Crippen LogP contribution in [0.25, 0.3) is 42.9 Å². The van der Waals surface area contributed by atoms with E-state index in [0.29, 0.717) is 0 Å². The van der Waals surface area contributed by atoms with Crippen LogP contribution in [0.15, 0.2) is 36.4 Å². The molecular weight excluding hydrogens is 513 g/mol. The summed E-state index contributed by atoms with van der Waals surface area (Å²) in [5, 5.41) is 0. The van der Waals surface area contributed by atoms with Crippen LogP contribution in [0.5, 0.6) is 0 Å². The molecule has 37 heavy (non-hydrogen) atoms. The lowest BCUT2D eigenvalue weighted by Gasteiger charge is -2.02. The van der Waals surface area contributed by atoms with Crippen molar-refractivity contribution in [2.45, 2.75) is 0 Å². The van der Waals surface area contributed by atoms with Crippen molar-refractivity contribution in [1.82, 2.24) is 17.5 Å². The first-order valence-corrected chi connectivity index (χ1v) is 13.7. The summed E-state index contributed by atoms with van der Waals surface area (Å²) in [4.78, 5) is 2.25. The van der Waals surface area contributed by atoms with E-state index in [9.17, 15) is 0 Å². The Bertz CT molecular complexity index is 1600. The first kappa shape index (κ1) is 23.0. The van der Waals surface area contributed by atoms with Gasteiger partial charge >= 0.3 is 0 Å². The number of thiophene rings is 1. The van der Waals surface area contributed by atoms with Crippen molar-refractivity contribution < 1.29 is 0 Å². The first-order valence-electron chi connectivity index (χ1n) is 11.4. The zero-order valence-electron chi connectivity index (χ0n) is 19.1. The molecular formula is C30H14N4S3. The van der Waals surface area contributed by atoms with E-state index in [2.05, 4.69) is 65.4 Å². The highest BCUT2D eigenvalue weighted by molar-refractivity contribution is 7.19. The van der Waals surface area contributed by atoms with Crippen LogP contribution in [-0.4, -0.2) is 17.5 Å². The van der Waals surface area contributed by atoms with Crippen molar-refractivity contribution in [2.24, 2.45) is 0 Å². The fourth-order valence-corrected chi connectivity index (χ4v) is 6.36. The molecule has 2 saturated carbocycles. The molecule has 5 aromatic rings. The highest BCUT2D eigenvalue weighted by Gasteiger charge is 2.18. The molecule has 0 unspecified atom stereocenters. The van der Waals surface area contributed by atoms with Gasteiger partial charge in [0.05, 0.1) is 46.4 Å². The predicted molar refractivity (Wildman–Crippen MR) is 152 cm³/mol. The van der Waals surface area contributed by atoms with Crippen molar-refractivity contribution in [3.8, 4) is 44.6 Å². The van der Waals surface area contributed by atoms with Crippen LogP contribution >= 0.6 is 34.8 Å². The fourth-order valence-electron chi connectivity index (χ4n) is 4.15. The zero-order chi connectivity index (χ0) is 24.6. The Morgan fingerprint density at radius 1 is 0.459 bits per heavy atom. The number of benzene rings is 2. The summed E-state index contributed by atoms with van der Waals surface area (Å²) in [6.07, 6.45) is 16.0. The van der Waals surface area contributed by atoms with E-state index in [-0.39, 0.29) is 0 Å². The lowest BCUT2D eigenvalue weighted by atomic mass is 10.0. The molecule has 0 atom stereocenters. The molecule has 3 aromatic heterocycles. The molecule has 0 bridgehead atoms. The minimum absolute atomic E-state index is 0.843. The zero-order valence-corrected chi connectivity index (χ0v) is 21.5. The molecule has 0 saturated heterocycles. The predicted octanol–water partition coefficient (Wildman–Crippen LogP) is 6.61. The van der Waals surface area contributed by atoms with Crippen molar-refractivity contribution in [2.75, 3.05) is 0 Å². The van der Waals surface area contributed by atoms with E-state index in [0.717, 1.165) is 65.9 Å². The van der Waals surface area contributed by atoms with Crippen molar-refractivity contribution in [3.63, 3.8) is 0 Å². The smallest absolute Gasteiger partial charge is 0.121 e. The molecule has 2 fully saturated rings. The van der Waals surface area contributed by atoms with Gasteiger partial charge in [0.25, 0.3) is 0 Å². The van der Waals surface area contributed by atoms with Gasteiger partial charge in [0.15, 0.2) is 0 Å². The molecule has 0 amide bonds. The molecule has 3 heterocycles. The average molecular weight is 527 g/mol. The normalized spacial score (nSPS) is 16.2. The maximum absolute atomic E-state index is 4.61. The van der Waals surface area contributed by atoms with Crippen LogP contribution in [0.2, 0.25) is 0 Å². The Morgan fingerprint density at radius 3 is 1.35 bits per heavy atom. The fraction of sp³-hybridized carbons (Fsp3) is 0. The third-order valence-corrected chi connectivity index (χ3v) is 8.18. The number of hydrogen-bond donors (Lipinski definition) is 0. The summed E-state index contributed by atoms with van der Waals surface area (Å²) in [7, 11) is 0. The summed E-state index contributed by atoms with van der Waals surface area (Å²) in [5.41, 5.74) is 7.34. The van der Waals surface area contributed by atoms with Gasteiger partial charge < -0.3 is 0 Å². The second-order valence-electron chi connectivity index (χ2n) is 8.26. The molecule has 7 heteroatoms. The minimum atomic E-state index is 0.843. The summed E-state index contributed by atoms with van der Waals surface area (Å²) in [5.74, 6) is 14.9. The second-order valence-corrected chi connectivity index (χ2v) is 10.4. The van der Waals surface area contributed by atoms with Crippen molar-refractivity contribution in [3.05, 3.63) is 111 Å². The highest BCUT2D eigenvalue weighted by atomic mass is 32.1. The Labute approximate surface area is 228 Å². The van der Waals surface area contributed by atoms with E-state index in [1.54, 1.807) is 11.3 Å². The van der Waals surface area contributed by atoms with Gasteiger partial charge in [-0.2, -0.15) is 17.5 Å². The standard InChI is InChI=1S/C30H14N4S3/c1-2-6-19(5-1)9-11-21-13-15-23(29-27(21)31-36-33-29)25-17-18-26(35-25)24-16-14-22(28-30(24)34-37-32-28)12-10-20-7-3-4-8-20/h1-8,13-18H. The van der Waals surface area contributed by atoms with E-state index >= 15 is 0 Å². The minimum Gasteiger partial charge on any atom is -0.172 e. The Hall–Kier alpha value is -3.10. The van der Waals surface area contributed by atoms with Crippen LogP contribution in [0, 0.1) is 86.9 Å². The van der Waals surface area contributed by atoms with Crippen molar-refractivity contribution >= 4 is 56.9 Å². The Kier molecular flexibility index (Phi) is 6.22. The topological polar surface area (TPSA) is 51.6 Å². The lowest BCUT2D eigenvalue weighted by Crippen LogP contribution is -1.87. The summed E-state index contributed by atoms with van der Waals surface area (Å²) < 4.78 is 18.3. The van der Waals surface area contributed by atoms with E-state index < -0.39 is 0 Å². The maximum Gasteiger partial charge on any atom is 0.121 e. The molecule has 2 aliphatic rings. The third kappa shape index (κ3) is 4.46. The van der Waals surface area contributed by atoms with E-state index in [4.69, 9.17) is 0 Å². The molecule has 172 valence electrons. The van der Waals surface area contributed by atoms with Gasteiger partial charge in [-0.15, -0.1) is 11.3 Å². The maximum atomic E-state index is 4.61. The number of fused-ring (bicyclic) bond motifs is 2. The van der Waals surface area contributed by atoms with Gasteiger partial charge in [-0.05, 0) is 87.8 Å². The summed E-state index contributed by atoms with van der Waals surface area (Å²) >= 11 is 4.15. The molecule has 0 N–H and O–H groups in total. The molecule has 0 aliphatic heterocycles. The van der Waals surface area contributed by atoms with Crippen LogP contribution in [0.1, 0.15) is 11.1 Å². The van der Waals surface area contributed by atoms with Gasteiger partial charge in [-0.25, -0.2) is 0 Å². The number of rotatable bonds is 2. The molecule has 7 rings (SSSR count). The highest BCUT2D eigenvalue weighted by Crippen LogP contribution is 2.40. The van der Waals surface area contributed by atoms with Crippen LogP contribution < -0.4 is 0 Å². The molecule has 2 aliphatic carbocycles. The van der Waals surface area contributed by atoms with Crippen LogP contribution in [0.3, 0.4) is 0 Å². The molecule has 0 spiro atoms. The average Bonchev–Trinajstić information content (AvgIpc) is 3.75. The summed E-state index contributed by atoms with van der Waals surface area (Å²) in [6.45, 7) is 0. The number of aromatic nitrogens is 4. The molecule has 4 nitrogen and oxygen atoms in total. The van der Waals surface area contributed by atoms with Crippen LogP contribution in [-0.2, 0) is 0 Å². The Balaban J connectivity index is 1.22. The largest absolute Gasteiger partial charge is 0.172 e. The first-order chi connectivity index (χ1) is 18.3. The van der Waals surface area contributed by atoms with Gasteiger partial charge in [0.1, 0.15) is 22.1 Å². The van der Waals surface area contributed by atoms with Gasteiger partial charge in [-0.3, -0.25) is 0 Å². The second kappa shape index (κ2) is 9.99. The number of nitrogens with zero attached hydrogens (tertiary/aromatic N) is 4. The third-order valence-electron chi connectivity index (χ3n) is 5.98. The monoisotopic (exact) mass is 526 g/mol. The Morgan fingerprint density at radius 2 is 0.892 bits per heavy atom. The molecule has 10 radical (unpaired) electrons. The van der Waals surface area contributed by atoms with Crippen molar-refractivity contribution in [1.29, 1.82) is 0 Å². The van der Waals surface area contributed by atoms with Crippen LogP contribution in [0.4, 0.5) is 0 Å². The van der Waals surface area contributed by atoms with Gasteiger partial charge in [0.2, 0.25) is 0 Å². The quantitative estimate of drug-likeness (QED) is 0.243. The van der Waals surface area contributed by atoms with E-state index in [1.807, 2.05) is 63.5 Å². The summed E-state index contributed by atoms with van der Waals surface area (Å²) in [6, 6.07) is 12.5. The van der Waals surface area contributed by atoms with Gasteiger partial charge in [-0.1, -0.05) is 23.7 Å². The molecule has 2 aromatic carbocycles. The SMILES string of the molecule is C(#Cc1ccc(-c2ccc(-c3ccc(C#C[C]4[CH][CH][CH][CH]4)c4nsnc34)s2)c2nsnc12)[C]1[CH][CH][CH][CH]1. The van der Waals surface area contributed by atoms with Gasteiger partial charge in [0, 0.05) is 20.9 Å². The van der Waals surface area contributed by atoms with E-state index in [1.165, 1.54) is 23.5 Å². The number of hydrogen-bond acceptors (Lipinski definition) is 7.